The summed E-state index contributed by atoms with van der Waals surface area (Å²) in [6.07, 6.45) is 0. The summed E-state index contributed by atoms with van der Waals surface area (Å²) in [5.41, 5.74) is 3.31. The van der Waals surface area contributed by atoms with E-state index in [1.807, 2.05) is 26.0 Å². The molecule has 4 heteroatoms. The molecule has 0 bridgehead atoms. The molecule has 2 aromatic rings. The Morgan fingerprint density at radius 2 is 1.85 bits per heavy atom. The van der Waals surface area contributed by atoms with E-state index in [-0.39, 0.29) is 0 Å². The topological polar surface area (TPSA) is 21.3 Å². The van der Waals surface area contributed by atoms with Crippen LogP contribution in [0, 0.1) is 25.5 Å². The van der Waals surface area contributed by atoms with E-state index in [4.69, 9.17) is 4.74 Å². The van der Waals surface area contributed by atoms with Gasteiger partial charge in [0.25, 0.3) is 0 Å². The number of hydrogen-bond donors (Lipinski definition) is 1. The Morgan fingerprint density at radius 3 is 2.50 bits per heavy atom. The van der Waals surface area contributed by atoms with E-state index in [0.717, 1.165) is 28.6 Å². The maximum Gasteiger partial charge on any atom is 0.131 e. The summed E-state index contributed by atoms with van der Waals surface area (Å²) in [5, 5.41) is 3.15. The summed E-state index contributed by atoms with van der Waals surface area (Å²) in [5.74, 6) is -0.303. The van der Waals surface area contributed by atoms with E-state index in [1.165, 1.54) is 12.1 Å². The van der Waals surface area contributed by atoms with Gasteiger partial charge in [-0.1, -0.05) is 12.1 Å². The fourth-order valence-corrected chi connectivity index (χ4v) is 2.19. The monoisotopic (exact) mass is 277 g/mol. The standard InChI is InChI=1S/C16H17F2NO/c1-10-4-7-15(11(2)16(10)20-3)19-9-12-5-6-13(17)8-14(12)18/h4-8,19H,9H2,1-3H3. The molecule has 0 aliphatic carbocycles. The Hall–Kier alpha value is -2.10. The molecule has 0 heterocycles. The minimum absolute atomic E-state index is 0.291. The molecule has 0 aromatic heterocycles. The molecule has 0 atom stereocenters. The van der Waals surface area contributed by atoms with Gasteiger partial charge >= 0.3 is 0 Å². The molecule has 0 amide bonds. The zero-order chi connectivity index (χ0) is 14.7. The van der Waals surface area contributed by atoms with Gasteiger partial charge in [0.15, 0.2) is 0 Å². The van der Waals surface area contributed by atoms with Gasteiger partial charge in [0.05, 0.1) is 7.11 Å². The van der Waals surface area contributed by atoms with E-state index in [2.05, 4.69) is 5.32 Å². The number of nitrogens with one attached hydrogen (secondary N) is 1. The first-order chi connectivity index (χ1) is 9.52. The van der Waals surface area contributed by atoms with Crippen LogP contribution < -0.4 is 10.1 Å². The van der Waals surface area contributed by atoms with Crippen molar-refractivity contribution in [3.05, 3.63) is 58.7 Å². The lowest BCUT2D eigenvalue weighted by Crippen LogP contribution is -2.04. The number of halogens is 2. The normalized spacial score (nSPS) is 10.4. The maximum absolute atomic E-state index is 13.6. The van der Waals surface area contributed by atoms with Crippen molar-refractivity contribution in [2.24, 2.45) is 0 Å². The van der Waals surface area contributed by atoms with Gasteiger partial charge in [0.1, 0.15) is 17.4 Å². The highest BCUT2D eigenvalue weighted by Crippen LogP contribution is 2.29. The maximum atomic E-state index is 13.6. The van der Waals surface area contributed by atoms with Gasteiger partial charge in [-0.05, 0) is 31.5 Å². The molecule has 2 nitrogen and oxygen atoms in total. The lowest BCUT2D eigenvalue weighted by Gasteiger charge is -2.15. The highest BCUT2D eigenvalue weighted by Gasteiger charge is 2.09. The third kappa shape index (κ3) is 2.90. The molecule has 2 rings (SSSR count). The average molecular weight is 277 g/mol. The van der Waals surface area contributed by atoms with Crippen LogP contribution >= 0.6 is 0 Å². The molecule has 1 N–H and O–H groups in total. The predicted molar refractivity (Wildman–Crippen MR) is 76.2 cm³/mol. The van der Waals surface area contributed by atoms with Crippen molar-refractivity contribution in [1.82, 2.24) is 0 Å². The van der Waals surface area contributed by atoms with Crippen molar-refractivity contribution in [3.8, 4) is 5.75 Å². The summed E-state index contributed by atoms with van der Waals surface area (Å²) < 4.78 is 31.7. The molecule has 0 aliphatic rings. The highest BCUT2D eigenvalue weighted by molar-refractivity contribution is 5.59. The van der Waals surface area contributed by atoms with Crippen molar-refractivity contribution < 1.29 is 13.5 Å². The van der Waals surface area contributed by atoms with Crippen LogP contribution in [-0.2, 0) is 6.54 Å². The Labute approximate surface area is 117 Å². The largest absolute Gasteiger partial charge is 0.496 e. The summed E-state index contributed by atoms with van der Waals surface area (Å²) >= 11 is 0. The van der Waals surface area contributed by atoms with Crippen LogP contribution in [0.15, 0.2) is 30.3 Å². The van der Waals surface area contributed by atoms with Gasteiger partial charge in [-0.3, -0.25) is 0 Å². The number of benzene rings is 2. The third-order valence-electron chi connectivity index (χ3n) is 3.29. The van der Waals surface area contributed by atoms with Gasteiger partial charge in [0.2, 0.25) is 0 Å². The van der Waals surface area contributed by atoms with Crippen molar-refractivity contribution in [2.75, 3.05) is 12.4 Å². The average Bonchev–Trinajstić information content (AvgIpc) is 2.40. The zero-order valence-electron chi connectivity index (χ0n) is 11.8. The SMILES string of the molecule is COc1c(C)ccc(NCc2ccc(F)cc2F)c1C. The number of aryl methyl sites for hydroxylation is 1. The first kappa shape index (κ1) is 14.3. The van der Waals surface area contributed by atoms with Gasteiger partial charge in [-0.25, -0.2) is 8.78 Å². The lowest BCUT2D eigenvalue weighted by atomic mass is 10.1. The van der Waals surface area contributed by atoms with E-state index in [1.54, 1.807) is 7.11 Å². The molecule has 2 aromatic carbocycles. The van der Waals surface area contributed by atoms with E-state index in [0.29, 0.717) is 12.1 Å². The molecule has 0 aliphatic heterocycles. The van der Waals surface area contributed by atoms with Crippen LogP contribution in [0.25, 0.3) is 0 Å². The van der Waals surface area contributed by atoms with Crippen LogP contribution in [0.2, 0.25) is 0 Å². The van der Waals surface area contributed by atoms with Gasteiger partial charge in [-0.2, -0.15) is 0 Å². The fraction of sp³-hybridized carbons (Fsp3) is 0.250. The van der Waals surface area contributed by atoms with E-state index in [9.17, 15) is 8.78 Å². The van der Waals surface area contributed by atoms with Crippen molar-refractivity contribution in [3.63, 3.8) is 0 Å². The lowest BCUT2D eigenvalue weighted by molar-refractivity contribution is 0.409. The van der Waals surface area contributed by atoms with Gasteiger partial charge in [-0.15, -0.1) is 0 Å². The molecular formula is C16H17F2NO. The first-order valence-electron chi connectivity index (χ1n) is 6.35. The highest BCUT2D eigenvalue weighted by atomic mass is 19.1. The Kier molecular flexibility index (Phi) is 4.23. The second kappa shape index (κ2) is 5.90. The second-order valence-corrected chi connectivity index (χ2v) is 4.68. The first-order valence-corrected chi connectivity index (χ1v) is 6.35. The molecule has 0 fully saturated rings. The molecule has 0 saturated carbocycles. The van der Waals surface area contributed by atoms with Crippen molar-refractivity contribution >= 4 is 5.69 Å². The quantitative estimate of drug-likeness (QED) is 0.904. The van der Waals surface area contributed by atoms with E-state index >= 15 is 0 Å². The Bertz CT molecular complexity index is 626. The van der Waals surface area contributed by atoms with Crippen molar-refractivity contribution in [1.29, 1.82) is 0 Å². The molecule has 106 valence electrons. The van der Waals surface area contributed by atoms with Gasteiger partial charge in [0, 0.05) is 29.4 Å². The third-order valence-corrected chi connectivity index (χ3v) is 3.29. The van der Waals surface area contributed by atoms with Crippen LogP contribution in [0.4, 0.5) is 14.5 Å². The summed E-state index contributed by atoms with van der Waals surface area (Å²) in [6.45, 7) is 4.20. The number of methoxy groups -OCH3 is 1. The summed E-state index contributed by atoms with van der Waals surface area (Å²) in [7, 11) is 1.62. The number of rotatable bonds is 4. The molecule has 0 spiro atoms. The fourth-order valence-electron chi connectivity index (χ4n) is 2.19. The van der Waals surface area contributed by atoms with E-state index < -0.39 is 11.6 Å². The second-order valence-electron chi connectivity index (χ2n) is 4.68. The molecule has 0 saturated heterocycles. The summed E-state index contributed by atoms with van der Waals surface area (Å²) in [6, 6.07) is 7.45. The van der Waals surface area contributed by atoms with Crippen LogP contribution in [-0.4, -0.2) is 7.11 Å². The van der Waals surface area contributed by atoms with Crippen LogP contribution in [0.3, 0.4) is 0 Å². The summed E-state index contributed by atoms with van der Waals surface area (Å²) in [4.78, 5) is 0. The molecule has 20 heavy (non-hydrogen) atoms. The Morgan fingerprint density at radius 1 is 1.10 bits per heavy atom. The molecule has 0 unspecified atom stereocenters. The van der Waals surface area contributed by atoms with Crippen LogP contribution in [0.1, 0.15) is 16.7 Å². The number of ether oxygens (including phenoxy) is 1. The zero-order valence-corrected chi connectivity index (χ0v) is 11.8. The van der Waals surface area contributed by atoms with Crippen molar-refractivity contribution in [2.45, 2.75) is 20.4 Å². The molecular weight excluding hydrogens is 260 g/mol. The van der Waals surface area contributed by atoms with Gasteiger partial charge < -0.3 is 10.1 Å². The minimum atomic E-state index is -0.570. The smallest absolute Gasteiger partial charge is 0.131 e. The number of anilines is 1. The predicted octanol–water partition coefficient (Wildman–Crippen LogP) is 4.20. The molecule has 0 radical (unpaired) electrons. The Balaban J connectivity index is 2.19. The number of hydrogen-bond acceptors (Lipinski definition) is 2. The minimum Gasteiger partial charge on any atom is -0.496 e. The van der Waals surface area contributed by atoms with Crippen LogP contribution in [0.5, 0.6) is 5.75 Å².